The van der Waals surface area contributed by atoms with Gasteiger partial charge in [-0.15, -0.1) is 0 Å². The van der Waals surface area contributed by atoms with E-state index in [1.807, 2.05) is 6.92 Å². The van der Waals surface area contributed by atoms with Gasteiger partial charge in [-0.3, -0.25) is 0 Å². The summed E-state index contributed by atoms with van der Waals surface area (Å²) >= 11 is 0. The lowest BCUT2D eigenvalue weighted by atomic mass is 10.1. The van der Waals surface area contributed by atoms with E-state index in [0.29, 0.717) is 24.0 Å². The Kier molecular flexibility index (Phi) is 5.43. The number of ether oxygens (including phenoxy) is 2. The number of hydrogen-bond acceptors (Lipinski definition) is 6. The molecule has 0 N–H and O–H groups in total. The number of aryl methyl sites for hydroxylation is 2. The summed E-state index contributed by atoms with van der Waals surface area (Å²) in [7, 11) is -2.18. The van der Waals surface area contributed by atoms with Crippen molar-refractivity contribution in [1.82, 2.24) is 14.3 Å². The molecule has 1 aromatic heterocycles. The molecule has 0 amide bonds. The summed E-state index contributed by atoms with van der Waals surface area (Å²) < 4.78 is 38.7. The van der Waals surface area contributed by atoms with Gasteiger partial charge in [-0.1, -0.05) is 12.1 Å². The second-order valence-corrected chi connectivity index (χ2v) is 8.20. The van der Waals surface area contributed by atoms with Gasteiger partial charge in [0.15, 0.2) is 0 Å². The van der Waals surface area contributed by atoms with Gasteiger partial charge in [0.1, 0.15) is 22.6 Å². The average Bonchev–Trinajstić information content (AvgIpc) is 2.61. The van der Waals surface area contributed by atoms with Gasteiger partial charge in [-0.25, -0.2) is 13.4 Å². The Balaban J connectivity index is 1.79. The molecule has 1 fully saturated rings. The maximum absolute atomic E-state index is 13.0. The molecule has 2 aromatic rings. The molecule has 7 nitrogen and oxygen atoms in total. The lowest BCUT2D eigenvalue weighted by Crippen LogP contribution is -2.44. The van der Waals surface area contributed by atoms with E-state index < -0.39 is 10.0 Å². The van der Waals surface area contributed by atoms with E-state index in [-0.39, 0.29) is 17.5 Å². The quantitative estimate of drug-likeness (QED) is 0.795. The van der Waals surface area contributed by atoms with E-state index in [2.05, 4.69) is 9.97 Å². The van der Waals surface area contributed by atoms with Gasteiger partial charge >= 0.3 is 0 Å². The van der Waals surface area contributed by atoms with Crippen LogP contribution >= 0.6 is 0 Å². The molecule has 0 radical (unpaired) electrons. The fraction of sp³-hybridized carbons (Fsp3) is 0.444. The Morgan fingerprint density at radius 1 is 1.19 bits per heavy atom. The first kappa shape index (κ1) is 18.6. The topological polar surface area (TPSA) is 81.6 Å². The van der Waals surface area contributed by atoms with Gasteiger partial charge in [0.05, 0.1) is 13.7 Å². The molecule has 1 aliphatic rings. The van der Waals surface area contributed by atoms with Crippen molar-refractivity contribution in [2.24, 2.45) is 0 Å². The van der Waals surface area contributed by atoms with Crippen LogP contribution in [0.1, 0.15) is 24.4 Å². The number of methoxy groups -OCH3 is 1. The van der Waals surface area contributed by atoms with Gasteiger partial charge < -0.3 is 9.47 Å². The molecule has 0 saturated carbocycles. The monoisotopic (exact) mass is 377 g/mol. The van der Waals surface area contributed by atoms with Crippen LogP contribution in [0.2, 0.25) is 0 Å². The van der Waals surface area contributed by atoms with Crippen LogP contribution in [0.3, 0.4) is 0 Å². The summed E-state index contributed by atoms with van der Waals surface area (Å²) in [4.78, 5) is 8.69. The molecule has 140 valence electrons. The van der Waals surface area contributed by atoms with Crippen LogP contribution in [-0.4, -0.2) is 49.0 Å². The molecule has 0 spiro atoms. The van der Waals surface area contributed by atoms with Gasteiger partial charge in [-0.2, -0.15) is 9.29 Å². The summed E-state index contributed by atoms with van der Waals surface area (Å²) in [6.07, 6.45) is 1.25. The van der Waals surface area contributed by atoms with Crippen LogP contribution in [0.5, 0.6) is 11.6 Å². The highest BCUT2D eigenvalue weighted by atomic mass is 32.2. The smallest absolute Gasteiger partial charge is 0.246 e. The number of benzene rings is 1. The van der Waals surface area contributed by atoms with Crippen LogP contribution in [0, 0.1) is 13.8 Å². The lowest BCUT2D eigenvalue weighted by Gasteiger charge is -2.32. The van der Waals surface area contributed by atoms with Gasteiger partial charge in [0.25, 0.3) is 0 Å². The number of rotatable bonds is 5. The average molecular weight is 377 g/mol. The van der Waals surface area contributed by atoms with Crippen molar-refractivity contribution in [3.05, 3.63) is 41.9 Å². The predicted octanol–water partition coefficient (Wildman–Crippen LogP) is 2.33. The largest absolute Gasteiger partial charge is 0.495 e. The Morgan fingerprint density at radius 2 is 1.96 bits per heavy atom. The standard InChI is InChI=1S/C18H23N3O4S/c1-13-11-18(20-14(2)19-13)25-15-7-6-10-21(12-15)26(22,23)17-9-5-4-8-16(17)24-3/h4-5,8-9,11,15H,6-7,10,12H2,1-3H3. The Labute approximate surface area is 154 Å². The zero-order valence-electron chi connectivity index (χ0n) is 15.2. The van der Waals surface area contributed by atoms with E-state index in [9.17, 15) is 8.42 Å². The summed E-state index contributed by atoms with van der Waals surface area (Å²) in [5, 5.41) is 0. The molecule has 1 aromatic carbocycles. The second kappa shape index (κ2) is 7.59. The molecule has 0 bridgehead atoms. The number of nitrogens with zero attached hydrogens (tertiary/aromatic N) is 3. The molecular weight excluding hydrogens is 354 g/mol. The summed E-state index contributed by atoms with van der Waals surface area (Å²) in [6.45, 7) is 4.42. The Morgan fingerprint density at radius 3 is 2.69 bits per heavy atom. The Hall–Kier alpha value is -2.19. The van der Waals surface area contributed by atoms with E-state index in [4.69, 9.17) is 9.47 Å². The van der Waals surface area contributed by atoms with Crippen LogP contribution < -0.4 is 9.47 Å². The van der Waals surface area contributed by atoms with Gasteiger partial charge in [0.2, 0.25) is 15.9 Å². The fourth-order valence-corrected chi connectivity index (χ4v) is 4.77. The van der Waals surface area contributed by atoms with Crippen LogP contribution in [0.25, 0.3) is 0 Å². The molecule has 3 rings (SSSR count). The summed E-state index contributed by atoms with van der Waals surface area (Å²) in [5.41, 5.74) is 0.821. The van der Waals surface area contributed by atoms with E-state index in [1.165, 1.54) is 11.4 Å². The number of para-hydroxylation sites is 1. The molecule has 26 heavy (non-hydrogen) atoms. The van der Waals surface area contributed by atoms with Gasteiger partial charge in [-0.05, 0) is 38.8 Å². The first-order valence-corrected chi connectivity index (χ1v) is 9.96. The van der Waals surface area contributed by atoms with Crippen LogP contribution in [0.15, 0.2) is 35.2 Å². The summed E-state index contributed by atoms with van der Waals surface area (Å²) in [6, 6.07) is 8.42. The molecular formula is C18H23N3O4S. The van der Waals surface area contributed by atoms with Crippen molar-refractivity contribution in [2.75, 3.05) is 20.2 Å². The van der Waals surface area contributed by atoms with E-state index in [1.54, 1.807) is 37.3 Å². The minimum absolute atomic E-state index is 0.178. The van der Waals surface area contributed by atoms with Crippen molar-refractivity contribution >= 4 is 10.0 Å². The summed E-state index contributed by atoms with van der Waals surface area (Å²) in [5.74, 6) is 1.46. The molecule has 0 aliphatic carbocycles. The van der Waals surface area contributed by atoms with Crippen molar-refractivity contribution in [3.8, 4) is 11.6 Å². The number of piperidine rings is 1. The maximum atomic E-state index is 13.0. The molecule has 2 heterocycles. The maximum Gasteiger partial charge on any atom is 0.246 e. The molecule has 1 saturated heterocycles. The normalized spacial score (nSPS) is 18.5. The minimum atomic E-state index is -3.65. The highest BCUT2D eigenvalue weighted by Crippen LogP contribution is 2.29. The SMILES string of the molecule is COc1ccccc1S(=O)(=O)N1CCCC(Oc2cc(C)nc(C)n2)C1. The third-order valence-corrected chi connectivity index (χ3v) is 6.16. The lowest BCUT2D eigenvalue weighted by molar-refractivity contribution is 0.124. The number of aromatic nitrogens is 2. The zero-order chi connectivity index (χ0) is 18.7. The third kappa shape index (κ3) is 3.96. The molecule has 1 unspecified atom stereocenters. The van der Waals surface area contributed by atoms with Crippen LogP contribution in [-0.2, 0) is 10.0 Å². The van der Waals surface area contributed by atoms with Crippen molar-refractivity contribution in [3.63, 3.8) is 0 Å². The van der Waals surface area contributed by atoms with E-state index >= 15 is 0 Å². The van der Waals surface area contributed by atoms with Crippen molar-refractivity contribution < 1.29 is 17.9 Å². The van der Waals surface area contributed by atoms with Crippen LogP contribution in [0.4, 0.5) is 0 Å². The first-order valence-electron chi connectivity index (χ1n) is 8.52. The highest BCUT2D eigenvalue weighted by Gasteiger charge is 2.33. The minimum Gasteiger partial charge on any atom is -0.495 e. The zero-order valence-corrected chi connectivity index (χ0v) is 16.0. The Bertz CT molecular complexity index is 866. The molecule has 1 aliphatic heterocycles. The second-order valence-electron chi connectivity index (χ2n) is 6.29. The van der Waals surface area contributed by atoms with E-state index in [0.717, 1.165) is 18.5 Å². The van der Waals surface area contributed by atoms with Crippen molar-refractivity contribution in [1.29, 1.82) is 0 Å². The van der Waals surface area contributed by atoms with Gasteiger partial charge in [0, 0.05) is 18.3 Å². The van der Waals surface area contributed by atoms with Crippen molar-refractivity contribution in [2.45, 2.75) is 37.7 Å². The fourth-order valence-electron chi connectivity index (χ4n) is 3.10. The first-order chi connectivity index (χ1) is 12.4. The molecule has 1 atom stereocenters. The molecule has 8 heteroatoms. The predicted molar refractivity (Wildman–Crippen MR) is 96.9 cm³/mol. The number of hydrogen-bond donors (Lipinski definition) is 0. The third-order valence-electron chi connectivity index (χ3n) is 4.26. The number of sulfonamides is 1. The highest BCUT2D eigenvalue weighted by molar-refractivity contribution is 7.89.